The summed E-state index contributed by atoms with van der Waals surface area (Å²) in [5.41, 5.74) is 7.13. The Morgan fingerprint density at radius 2 is 2.17 bits per heavy atom. The second-order valence-electron chi connectivity index (χ2n) is 4.17. The van der Waals surface area contributed by atoms with Crippen molar-refractivity contribution in [1.29, 1.82) is 0 Å². The smallest absolute Gasteiger partial charge is 0.124 e. The van der Waals surface area contributed by atoms with Crippen LogP contribution >= 0.6 is 0 Å². The summed E-state index contributed by atoms with van der Waals surface area (Å²) in [4.78, 5) is 0. The first kappa shape index (κ1) is 12.6. The van der Waals surface area contributed by atoms with Gasteiger partial charge in [-0.2, -0.15) is 5.10 Å². The number of para-hydroxylation sites is 1. The molecule has 4 heteroatoms. The zero-order chi connectivity index (χ0) is 12.8. The van der Waals surface area contributed by atoms with Crippen molar-refractivity contribution < 1.29 is 4.74 Å². The Bertz CT molecular complexity index is 468. The number of ether oxygens (including phenoxy) is 1. The van der Waals surface area contributed by atoms with Crippen LogP contribution in [0.25, 0.3) is 0 Å². The minimum atomic E-state index is 0.0332. The van der Waals surface area contributed by atoms with Gasteiger partial charge in [-0.3, -0.25) is 4.68 Å². The lowest BCUT2D eigenvalue weighted by molar-refractivity contribution is 0.287. The number of aromatic nitrogens is 2. The van der Waals surface area contributed by atoms with Gasteiger partial charge in [0.05, 0.1) is 6.54 Å². The monoisotopic (exact) mass is 245 g/mol. The SMILES string of the molecule is CC[C@@H](N)c1ccccc1OCCn1cccn1. The van der Waals surface area contributed by atoms with E-state index in [0.29, 0.717) is 6.61 Å². The van der Waals surface area contributed by atoms with Crippen molar-refractivity contribution in [3.63, 3.8) is 0 Å². The summed E-state index contributed by atoms with van der Waals surface area (Å²) in [7, 11) is 0. The van der Waals surface area contributed by atoms with Crippen LogP contribution in [0.1, 0.15) is 24.9 Å². The standard InChI is InChI=1S/C14H19N3O/c1-2-13(15)12-6-3-4-7-14(12)18-11-10-17-9-5-8-16-17/h3-9,13H,2,10-11,15H2,1H3/t13-/m1/s1. The predicted octanol–water partition coefficient (Wildman–Crippen LogP) is 2.37. The molecule has 0 amide bonds. The molecule has 0 saturated heterocycles. The van der Waals surface area contributed by atoms with Crippen LogP contribution in [0.4, 0.5) is 0 Å². The molecule has 4 nitrogen and oxygen atoms in total. The van der Waals surface area contributed by atoms with Crippen molar-refractivity contribution >= 4 is 0 Å². The lowest BCUT2D eigenvalue weighted by Gasteiger charge is -2.15. The van der Waals surface area contributed by atoms with E-state index < -0.39 is 0 Å². The minimum Gasteiger partial charge on any atom is -0.491 e. The van der Waals surface area contributed by atoms with Crippen LogP contribution in [0, 0.1) is 0 Å². The van der Waals surface area contributed by atoms with Crippen molar-refractivity contribution in [2.24, 2.45) is 5.73 Å². The first-order chi connectivity index (χ1) is 8.81. The van der Waals surface area contributed by atoms with Gasteiger partial charge in [-0.05, 0) is 18.6 Å². The molecule has 18 heavy (non-hydrogen) atoms. The number of rotatable bonds is 6. The highest BCUT2D eigenvalue weighted by atomic mass is 16.5. The fourth-order valence-electron chi connectivity index (χ4n) is 1.82. The van der Waals surface area contributed by atoms with E-state index in [0.717, 1.165) is 24.3 Å². The maximum Gasteiger partial charge on any atom is 0.124 e. The molecule has 0 aliphatic carbocycles. The first-order valence-electron chi connectivity index (χ1n) is 6.26. The van der Waals surface area contributed by atoms with Gasteiger partial charge in [-0.25, -0.2) is 0 Å². The molecule has 2 N–H and O–H groups in total. The highest BCUT2D eigenvalue weighted by molar-refractivity contribution is 5.35. The molecule has 1 aromatic carbocycles. The third-order valence-electron chi connectivity index (χ3n) is 2.90. The Balaban J connectivity index is 1.96. The molecule has 2 aromatic rings. The Morgan fingerprint density at radius 3 is 2.89 bits per heavy atom. The van der Waals surface area contributed by atoms with E-state index in [1.54, 1.807) is 6.20 Å². The van der Waals surface area contributed by atoms with Crippen molar-refractivity contribution in [2.75, 3.05) is 6.61 Å². The molecule has 0 spiro atoms. The lowest BCUT2D eigenvalue weighted by Crippen LogP contribution is -2.13. The average Bonchev–Trinajstić information content (AvgIpc) is 2.92. The van der Waals surface area contributed by atoms with Gasteiger partial charge in [-0.1, -0.05) is 25.1 Å². The number of nitrogens with zero attached hydrogens (tertiary/aromatic N) is 2. The fourth-order valence-corrected chi connectivity index (χ4v) is 1.82. The summed E-state index contributed by atoms with van der Waals surface area (Å²) in [6.45, 7) is 3.41. The molecule has 0 aliphatic rings. The second kappa shape index (κ2) is 6.21. The Hall–Kier alpha value is -1.81. The van der Waals surface area contributed by atoms with Crippen LogP contribution in [0.5, 0.6) is 5.75 Å². The molecular weight excluding hydrogens is 226 g/mol. The van der Waals surface area contributed by atoms with Crippen LogP contribution in [-0.4, -0.2) is 16.4 Å². The van der Waals surface area contributed by atoms with E-state index in [9.17, 15) is 0 Å². The second-order valence-corrected chi connectivity index (χ2v) is 4.17. The average molecular weight is 245 g/mol. The molecule has 0 fully saturated rings. The predicted molar refractivity (Wildman–Crippen MR) is 71.4 cm³/mol. The van der Waals surface area contributed by atoms with E-state index in [-0.39, 0.29) is 6.04 Å². The van der Waals surface area contributed by atoms with E-state index in [4.69, 9.17) is 10.5 Å². The largest absolute Gasteiger partial charge is 0.491 e. The fraction of sp³-hybridized carbons (Fsp3) is 0.357. The van der Waals surface area contributed by atoms with Gasteiger partial charge in [-0.15, -0.1) is 0 Å². The van der Waals surface area contributed by atoms with Gasteiger partial charge in [0.25, 0.3) is 0 Å². The van der Waals surface area contributed by atoms with Gasteiger partial charge in [0.2, 0.25) is 0 Å². The number of hydrogen-bond acceptors (Lipinski definition) is 3. The summed E-state index contributed by atoms with van der Waals surface area (Å²) in [5.74, 6) is 0.874. The number of benzene rings is 1. The number of nitrogens with two attached hydrogens (primary N) is 1. The topological polar surface area (TPSA) is 53.1 Å². The lowest BCUT2D eigenvalue weighted by atomic mass is 10.0. The van der Waals surface area contributed by atoms with Crippen molar-refractivity contribution in [1.82, 2.24) is 9.78 Å². The summed E-state index contributed by atoms with van der Waals surface area (Å²) in [6.07, 6.45) is 4.59. The summed E-state index contributed by atoms with van der Waals surface area (Å²) in [5, 5.41) is 4.13. The molecule has 0 unspecified atom stereocenters. The third kappa shape index (κ3) is 3.11. The Labute approximate surface area is 107 Å². The van der Waals surface area contributed by atoms with E-state index in [1.807, 2.05) is 41.2 Å². The summed E-state index contributed by atoms with van der Waals surface area (Å²) in [6, 6.07) is 9.89. The highest BCUT2D eigenvalue weighted by Gasteiger charge is 2.09. The molecule has 0 aliphatic heterocycles. The molecule has 0 bridgehead atoms. The van der Waals surface area contributed by atoms with Crippen LogP contribution in [0.3, 0.4) is 0 Å². The zero-order valence-corrected chi connectivity index (χ0v) is 10.6. The quantitative estimate of drug-likeness (QED) is 0.850. The normalized spacial score (nSPS) is 12.3. The molecule has 1 aromatic heterocycles. The molecule has 0 saturated carbocycles. The van der Waals surface area contributed by atoms with Gasteiger partial charge in [0, 0.05) is 24.0 Å². The minimum absolute atomic E-state index is 0.0332. The molecule has 0 radical (unpaired) electrons. The molecule has 1 atom stereocenters. The maximum absolute atomic E-state index is 6.06. The highest BCUT2D eigenvalue weighted by Crippen LogP contribution is 2.25. The first-order valence-corrected chi connectivity index (χ1v) is 6.26. The van der Waals surface area contributed by atoms with Crippen LogP contribution in [0.2, 0.25) is 0 Å². The summed E-state index contributed by atoms with van der Waals surface area (Å²) >= 11 is 0. The third-order valence-corrected chi connectivity index (χ3v) is 2.90. The Kier molecular flexibility index (Phi) is 4.36. The number of hydrogen-bond donors (Lipinski definition) is 1. The van der Waals surface area contributed by atoms with Gasteiger partial charge >= 0.3 is 0 Å². The van der Waals surface area contributed by atoms with Gasteiger partial charge in [0.15, 0.2) is 0 Å². The molecule has 1 heterocycles. The molecule has 2 rings (SSSR count). The van der Waals surface area contributed by atoms with E-state index in [2.05, 4.69) is 12.0 Å². The van der Waals surface area contributed by atoms with Crippen LogP contribution in [-0.2, 0) is 6.54 Å². The summed E-state index contributed by atoms with van der Waals surface area (Å²) < 4.78 is 7.64. The van der Waals surface area contributed by atoms with E-state index >= 15 is 0 Å². The van der Waals surface area contributed by atoms with Crippen molar-refractivity contribution in [3.8, 4) is 5.75 Å². The van der Waals surface area contributed by atoms with Gasteiger partial charge in [0.1, 0.15) is 12.4 Å². The maximum atomic E-state index is 6.06. The van der Waals surface area contributed by atoms with Crippen molar-refractivity contribution in [2.45, 2.75) is 25.9 Å². The Morgan fingerprint density at radius 1 is 1.33 bits per heavy atom. The van der Waals surface area contributed by atoms with Crippen LogP contribution in [0.15, 0.2) is 42.7 Å². The van der Waals surface area contributed by atoms with Gasteiger partial charge < -0.3 is 10.5 Å². The molecular formula is C14H19N3O. The van der Waals surface area contributed by atoms with E-state index in [1.165, 1.54) is 0 Å². The van der Waals surface area contributed by atoms with Crippen LogP contribution < -0.4 is 10.5 Å². The molecule has 96 valence electrons. The zero-order valence-electron chi connectivity index (χ0n) is 10.6. The van der Waals surface area contributed by atoms with Crippen molar-refractivity contribution in [3.05, 3.63) is 48.3 Å².